The number of rotatable bonds is 0. The Morgan fingerprint density at radius 1 is 1.60 bits per heavy atom. The van der Waals surface area contributed by atoms with Gasteiger partial charge in [-0.3, -0.25) is 0 Å². The fraction of sp³-hybridized carbons (Fsp3) is 0. The maximum absolute atomic E-state index is 9.34. The number of hydrogen-bond acceptors (Lipinski definition) is 1. The predicted molar refractivity (Wildman–Crippen MR) is 12.0 cm³/mol. The summed E-state index contributed by atoms with van der Waals surface area (Å²) in [4.78, 5) is 15.3. The Balaban J connectivity index is 3.47. The van der Waals surface area contributed by atoms with Gasteiger partial charge in [0.1, 0.15) is 0 Å². The molecule has 0 bridgehead atoms. The average molecular weight is 238 g/mol. The van der Waals surface area contributed by atoms with Crippen molar-refractivity contribution in [2.45, 2.75) is 0 Å². The third-order valence-corrected chi connectivity index (χ3v) is 0. The zero-order valence-corrected chi connectivity index (χ0v) is 5.27. The molecule has 0 spiro atoms. The quantitative estimate of drug-likeness (QED) is 0.566. The normalized spacial score (nSPS) is 11.8. The molecule has 5 heteroatoms. The van der Waals surface area contributed by atoms with Crippen molar-refractivity contribution in [1.82, 2.24) is 0 Å². The molecule has 0 radical (unpaired) electrons. The summed E-state index contributed by atoms with van der Waals surface area (Å²) < 4.78 is 5.73. The van der Waals surface area contributed by atoms with Crippen LogP contribution in [0, 0.1) is 37.1 Å². The SMILES string of the molecule is O=[P](O)(O)[Gd]. The first-order valence-electron chi connectivity index (χ1n) is 0.741. The summed E-state index contributed by atoms with van der Waals surface area (Å²) in [5.74, 6) is 0. The van der Waals surface area contributed by atoms with Crippen LogP contribution < -0.4 is 0 Å². The fourth-order valence-corrected chi connectivity index (χ4v) is 0. The fourth-order valence-electron chi connectivity index (χ4n) is 0. The Morgan fingerprint density at radius 2 is 1.60 bits per heavy atom. The molecule has 0 atom stereocenters. The molecule has 0 amide bonds. The second-order valence-corrected chi connectivity index (χ2v) is 5.34. The molecule has 0 aromatic heterocycles. The van der Waals surface area contributed by atoms with Crippen LogP contribution in [-0.4, -0.2) is 9.79 Å². The first-order valence-corrected chi connectivity index (χ1v) is 5.27. The van der Waals surface area contributed by atoms with Crippen LogP contribution in [0.2, 0.25) is 0 Å². The third-order valence-electron chi connectivity index (χ3n) is 0. The molecule has 0 aliphatic rings. The van der Waals surface area contributed by atoms with Crippen molar-refractivity contribution in [1.29, 1.82) is 0 Å². The summed E-state index contributed by atoms with van der Waals surface area (Å²) in [5.41, 5.74) is 0. The Kier molecular flexibility index (Phi) is 2.54. The Labute approximate surface area is 53.6 Å². The summed E-state index contributed by atoms with van der Waals surface area (Å²) in [6, 6.07) is 0. The van der Waals surface area contributed by atoms with Crippen molar-refractivity contribution in [2.75, 3.05) is 0 Å². The van der Waals surface area contributed by atoms with E-state index in [1.54, 1.807) is 0 Å². The molecule has 0 unspecified atom stereocenters. The van der Waals surface area contributed by atoms with Gasteiger partial charge in [0, 0.05) is 0 Å². The van der Waals surface area contributed by atoms with E-state index < -0.39 is 2.64 Å². The van der Waals surface area contributed by atoms with E-state index in [0.717, 1.165) is 0 Å². The molecule has 0 aliphatic heterocycles. The standard InChI is InChI=1S/Gd.HO3P/c;1-4(2)3/h;(H-,1,2,3)/q-1;/p+1. The summed E-state index contributed by atoms with van der Waals surface area (Å²) in [7, 11) is 0. The Bertz CT molecular complexity index is 53.0. The van der Waals surface area contributed by atoms with Gasteiger partial charge < -0.3 is 0 Å². The minimum atomic E-state index is -3.61. The summed E-state index contributed by atoms with van der Waals surface area (Å²) >= 11 is 0.678. The van der Waals surface area contributed by atoms with Gasteiger partial charge in [-0.15, -0.1) is 0 Å². The first-order chi connectivity index (χ1) is 2.00. The van der Waals surface area contributed by atoms with Crippen LogP contribution in [0.4, 0.5) is 0 Å². The van der Waals surface area contributed by atoms with Crippen LogP contribution in [0.25, 0.3) is 0 Å². The van der Waals surface area contributed by atoms with Crippen molar-refractivity contribution >= 4 is 2.64 Å². The molecule has 0 rings (SSSR count). The van der Waals surface area contributed by atoms with Crippen molar-refractivity contribution in [3.05, 3.63) is 0 Å². The van der Waals surface area contributed by atoms with E-state index in [1.807, 2.05) is 0 Å². The molecule has 0 aromatic rings. The average Bonchev–Trinajstić information content (AvgIpc) is 0.722. The third kappa shape index (κ3) is 30.4. The molecule has 0 heterocycles. The molecular weight excluding hydrogens is 236 g/mol. The molecule has 3 nitrogen and oxygen atoms in total. The van der Waals surface area contributed by atoms with Gasteiger partial charge in [0.25, 0.3) is 0 Å². The van der Waals surface area contributed by atoms with E-state index in [2.05, 4.69) is 0 Å². The summed E-state index contributed by atoms with van der Waals surface area (Å²) in [5, 5.41) is 0. The van der Waals surface area contributed by atoms with Crippen molar-refractivity contribution in [3.8, 4) is 0 Å². The van der Waals surface area contributed by atoms with Gasteiger partial charge in [-0.05, 0) is 0 Å². The second kappa shape index (κ2) is 1.96. The molecular formula is H2GdO3P. The van der Waals surface area contributed by atoms with E-state index in [9.17, 15) is 4.57 Å². The van der Waals surface area contributed by atoms with Crippen LogP contribution in [0.5, 0.6) is 0 Å². The molecule has 5 heavy (non-hydrogen) atoms. The van der Waals surface area contributed by atoms with E-state index in [0.29, 0.717) is 37.1 Å². The second-order valence-electron chi connectivity index (χ2n) is 0.459. The summed E-state index contributed by atoms with van der Waals surface area (Å²) in [6.45, 7) is 0. The first kappa shape index (κ1) is 6.47. The van der Waals surface area contributed by atoms with Crippen LogP contribution in [0.3, 0.4) is 0 Å². The molecule has 33 valence electrons. The van der Waals surface area contributed by atoms with Gasteiger partial charge in [0.15, 0.2) is 0 Å². The van der Waals surface area contributed by atoms with E-state index in [4.69, 9.17) is 9.79 Å². The molecule has 0 fully saturated rings. The van der Waals surface area contributed by atoms with E-state index >= 15 is 0 Å². The van der Waals surface area contributed by atoms with E-state index in [-0.39, 0.29) is 0 Å². The van der Waals surface area contributed by atoms with Crippen LogP contribution >= 0.6 is 2.64 Å². The van der Waals surface area contributed by atoms with Gasteiger partial charge >= 0.3 is 54.1 Å². The predicted octanol–water partition coefficient (Wildman–Crippen LogP) is -0.372. The zero-order chi connectivity index (χ0) is 4.50. The van der Waals surface area contributed by atoms with Gasteiger partial charge in [-0.1, -0.05) is 0 Å². The zero-order valence-electron chi connectivity index (χ0n) is 2.10. The van der Waals surface area contributed by atoms with Crippen LogP contribution in [0.15, 0.2) is 0 Å². The molecule has 2 N–H and O–H groups in total. The maximum atomic E-state index is 9.34. The van der Waals surface area contributed by atoms with Crippen LogP contribution in [0.1, 0.15) is 0 Å². The van der Waals surface area contributed by atoms with Crippen molar-refractivity contribution in [2.24, 2.45) is 0 Å². The van der Waals surface area contributed by atoms with Crippen LogP contribution in [-0.2, 0) is 4.57 Å². The van der Waals surface area contributed by atoms with Gasteiger partial charge in [0.05, 0.1) is 0 Å². The minimum absolute atomic E-state index is 0.678. The number of hydrogen-bond donors (Lipinski definition) is 2. The van der Waals surface area contributed by atoms with Crippen molar-refractivity contribution < 1.29 is 51.5 Å². The Hall–Kier alpha value is 1.47. The van der Waals surface area contributed by atoms with Gasteiger partial charge in [-0.2, -0.15) is 0 Å². The molecule has 0 aliphatic carbocycles. The molecule has 0 saturated heterocycles. The van der Waals surface area contributed by atoms with E-state index in [1.165, 1.54) is 0 Å². The summed E-state index contributed by atoms with van der Waals surface area (Å²) in [6.07, 6.45) is 0. The molecule has 0 aromatic carbocycles. The van der Waals surface area contributed by atoms with Crippen molar-refractivity contribution in [3.63, 3.8) is 0 Å². The van der Waals surface area contributed by atoms with Gasteiger partial charge in [0.2, 0.25) is 0 Å². The molecule has 0 saturated carbocycles. The monoisotopic (exact) mass is 239 g/mol. The van der Waals surface area contributed by atoms with Gasteiger partial charge in [-0.25, -0.2) is 0 Å². The Morgan fingerprint density at radius 3 is 1.60 bits per heavy atom. The topological polar surface area (TPSA) is 57.5 Å².